The van der Waals surface area contributed by atoms with Crippen LogP contribution in [0.25, 0.3) is 0 Å². The van der Waals surface area contributed by atoms with Crippen molar-refractivity contribution in [1.82, 2.24) is 4.90 Å². The van der Waals surface area contributed by atoms with Crippen LogP contribution in [0.5, 0.6) is 0 Å². The average Bonchev–Trinajstić information content (AvgIpc) is 3.17. The second kappa shape index (κ2) is 8.67. The van der Waals surface area contributed by atoms with Crippen LogP contribution in [-0.4, -0.2) is 47.7 Å². The van der Waals surface area contributed by atoms with Crippen LogP contribution in [0.2, 0.25) is 0 Å². The van der Waals surface area contributed by atoms with Gasteiger partial charge in [-0.25, -0.2) is 0 Å². The van der Waals surface area contributed by atoms with Crippen molar-refractivity contribution in [3.05, 3.63) is 35.9 Å². The maximum Gasteiger partial charge on any atom is 0.309 e. The highest BCUT2D eigenvalue weighted by Gasteiger charge is 2.40. The molecule has 1 amide bonds. The monoisotopic (exact) mass is 359 g/mol. The molecule has 2 aliphatic heterocycles. The molecule has 1 aromatic carbocycles. The fourth-order valence-electron chi connectivity index (χ4n) is 4.38. The van der Waals surface area contributed by atoms with Gasteiger partial charge in [0.05, 0.1) is 12.0 Å². The van der Waals surface area contributed by atoms with Gasteiger partial charge in [0.15, 0.2) is 0 Å². The highest BCUT2D eigenvalue weighted by Crippen LogP contribution is 2.34. The van der Waals surface area contributed by atoms with Gasteiger partial charge >= 0.3 is 5.97 Å². The van der Waals surface area contributed by atoms with Crippen LogP contribution in [0.4, 0.5) is 0 Å². The van der Waals surface area contributed by atoms with E-state index in [-0.39, 0.29) is 29.8 Å². The van der Waals surface area contributed by atoms with Crippen LogP contribution in [0.15, 0.2) is 30.3 Å². The molecule has 0 bridgehead atoms. The number of carboxylic acid groups (broad SMARTS) is 1. The first-order valence-electron chi connectivity index (χ1n) is 9.77. The van der Waals surface area contributed by atoms with Gasteiger partial charge in [-0.1, -0.05) is 37.3 Å². The van der Waals surface area contributed by atoms with E-state index in [0.717, 1.165) is 19.3 Å². The van der Waals surface area contributed by atoms with Crippen LogP contribution >= 0.6 is 0 Å². The first-order chi connectivity index (χ1) is 12.6. The molecule has 26 heavy (non-hydrogen) atoms. The molecule has 0 saturated carbocycles. The predicted molar refractivity (Wildman–Crippen MR) is 98.9 cm³/mol. The molecular weight excluding hydrogens is 330 g/mol. The molecule has 3 atom stereocenters. The zero-order chi connectivity index (χ0) is 18.5. The summed E-state index contributed by atoms with van der Waals surface area (Å²) in [6, 6.07) is 10.2. The zero-order valence-electron chi connectivity index (χ0n) is 15.5. The second-order valence-electron chi connectivity index (χ2n) is 7.51. The maximum atomic E-state index is 12.7. The van der Waals surface area contributed by atoms with Gasteiger partial charge in [0, 0.05) is 26.1 Å². The molecule has 3 rings (SSSR count). The van der Waals surface area contributed by atoms with Crippen molar-refractivity contribution in [2.75, 3.05) is 19.7 Å². The Bertz CT molecular complexity index is 610. The molecule has 2 aliphatic rings. The number of hydrogen-bond donors (Lipinski definition) is 1. The van der Waals surface area contributed by atoms with Crippen molar-refractivity contribution in [2.45, 2.75) is 51.0 Å². The number of nitrogens with zero attached hydrogens (tertiary/aromatic N) is 1. The van der Waals surface area contributed by atoms with Gasteiger partial charge in [-0.2, -0.15) is 0 Å². The summed E-state index contributed by atoms with van der Waals surface area (Å²) in [5, 5.41) is 9.34. The van der Waals surface area contributed by atoms with E-state index in [1.54, 1.807) is 0 Å². The number of likely N-dealkylation sites (tertiary alicyclic amines) is 1. The van der Waals surface area contributed by atoms with Crippen LogP contribution < -0.4 is 0 Å². The van der Waals surface area contributed by atoms with Gasteiger partial charge in [-0.05, 0) is 43.1 Å². The maximum absolute atomic E-state index is 12.7. The lowest BCUT2D eigenvalue weighted by Gasteiger charge is -2.36. The Balaban J connectivity index is 1.53. The van der Waals surface area contributed by atoms with Gasteiger partial charge in [-0.3, -0.25) is 9.59 Å². The Kier molecular flexibility index (Phi) is 6.30. The van der Waals surface area contributed by atoms with Crippen molar-refractivity contribution in [2.24, 2.45) is 11.8 Å². The largest absolute Gasteiger partial charge is 0.481 e. The van der Waals surface area contributed by atoms with E-state index in [1.165, 1.54) is 5.56 Å². The minimum absolute atomic E-state index is 0.183. The number of hydrogen-bond acceptors (Lipinski definition) is 3. The molecular formula is C21H29NO4. The number of carbonyl (C=O) groups excluding carboxylic acids is 1. The summed E-state index contributed by atoms with van der Waals surface area (Å²) in [6.45, 7) is 4.08. The van der Waals surface area contributed by atoms with Crippen molar-refractivity contribution >= 4 is 11.9 Å². The van der Waals surface area contributed by atoms with E-state index in [9.17, 15) is 14.7 Å². The highest BCUT2D eigenvalue weighted by atomic mass is 16.5. The Hall–Kier alpha value is -1.88. The Morgan fingerprint density at radius 2 is 1.88 bits per heavy atom. The number of piperidine rings is 1. The summed E-state index contributed by atoms with van der Waals surface area (Å²) in [7, 11) is 0. The number of aliphatic carboxylic acids is 1. The summed E-state index contributed by atoms with van der Waals surface area (Å²) in [5.41, 5.74) is 1.22. The highest BCUT2D eigenvalue weighted by molar-refractivity contribution is 5.77. The fraction of sp³-hybridized carbons (Fsp3) is 0.619. The molecule has 1 aromatic rings. The van der Waals surface area contributed by atoms with Crippen molar-refractivity contribution in [1.29, 1.82) is 0 Å². The van der Waals surface area contributed by atoms with E-state index in [0.29, 0.717) is 32.5 Å². The van der Waals surface area contributed by atoms with Crippen LogP contribution in [-0.2, 0) is 14.3 Å². The predicted octanol–water partition coefficient (Wildman–Crippen LogP) is 3.30. The molecule has 142 valence electrons. The number of benzene rings is 1. The minimum Gasteiger partial charge on any atom is -0.481 e. The Labute approximate surface area is 155 Å². The van der Waals surface area contributed by atoms with Gasteiger partial charge in [0.25, 0.3) is 0 Å². The number of amides is 1. The molecule has 0 spiro atoms. The number of carboxylic acids is 1. The number of carbonyl (C=O) groups is 2. The van der Waals surface area contributed by atoms with Crippen molar-refractivity contribution < 1.29 is 19.4 Å². The molecule has 2 saturated heterocycles. The van der Waals surface area contributed by atoms with E-state index in [2.05, 4.69) is 19.1 Å². The third kappa shape index (κ3) is 4.26. The van der Waals surface area contributed by atoms with Gasteiger partial charge in [-0.15, -0.1) is 0 Å². The lowest BCUT2D eigenvalue weighted by Crippen LogP contribution is -2.43. The molecule has 2 fully saturated rings. The summed E-state index contributed by atoms with van der Waals surface area (Å²) < 4.78 is 5.72. The quantitative estimate of drug-likeness (QED) is 0.846. The van der Waals surface area contributed by atoms with E-state index in [1.807, 2.05) is 23.1 Å². The first-order valence-corrected chi connectivity index (χ1v) is 9.77. The van der Waals surface area contributed by atoms with Gasteiger partial charge in [0.2, 0.25) is 5.91 Å². The molecule has 1 N–H and O–H groups in total. The Morgan fingerprint density at radius 1 is 1.19 bits per heavy atom. The lowest BCUT2D eigenvalue weighted by molar-refractivity contribution is -0.146. The number of rotatable bonds is 6. The molecule has 0 aromatic heterocycles. The standard InChI is InChI=1S/C21H29NO4/c1-2-15(16-6-4-3-5-7-16)14-19(23)22-11-8-17(9-12-22)20-18(21(24)25)10-13-26-20/h3-7,15,17-18,20H,2,8-14H2,1H3,(H,24,25)/t15?,18?,20-/m0/s1. The summed E-state index contributed by atoms with van der Waals surface area (Å²) in [6.07, 6.45) is 3.59. The summed E-state index contributed by atoms with van der Waals surface area (Å²) in [4.78, 5) is 26.1. The smallest absolute Gasteiger partial charge is 0.309 e. The molecule has 0 radical (unpaired) electrons. The molecule has 2 unspecified atom stereocenters. The SMILES string of the molecule is CCC(CC(=O)N1CCC([C@@H]2OCCC2C(=O)O)CC1)c1ccccc1. The molecule has 5 heteroatoms. The van der Waals surface area contributed by atoms with Crippen LogP contribution in [0.3, 0.4) is 0 Å². The Morgan fingerprint density at radius 3 is 2.50 bits per heavy atom. The third-order valence-electron chi connectivity index (χ3n) is 5.99. The van der Waals surface area contributed by atoms with Gasteiger partial charge < -0.3 is 14.7 Å². The lowest BCUT2D eigenvalue weighted by atomic mass is 9.84. The summed E-state index contributed by atoms with van der Waals surface area (Å²) in [5.74, 6) is -0.416. The first kappa shape index (κ1) is 18.9. The summed E-state index contributed by atoms with van der Waals surface area (Å²) >= 11 is 0. The van der Waals surface area contributed by atoms with E-state index < -0.39 is 5.97 Å². The van der Waals surface area contributed by atoms with E-state index in [4.69, 9.17) is 4.74 Å². The molecule has 0 aliphatic carbocycles. The second-order valence-corrected chi connectivity index (χ2v) is 7.51. The van der Waals surface area contributed by atoms with Crippen LogP contribution in [0.1, 0.15) is 50.5 Å². The topological polar surface area (TPSA) is 66.8 Å². The normalized spacial score (nSPS) is 25.2. The molecule has 5 nitrogen and oxygen atoms in total. The molecule has 2 heterocycles. The van der Waals surface area contributed by atoms with Crippen LogP contribution in [0, 0.1) is 11.8 Å². The van der Waals surface area contributed by atoms with Crippen molar-refractivity contribution in [3.63, 3.8) is 0 Å². The van der Waals surface area contributed by atoms with Crippen molar-refractivity contribution in [3.8, 4) is 0 Å². The fourth-order valence-corrected chi connectivity index (χ4v) is 4.38. The van der Waals surface area contributed by atoms with Gasteiger partial charge in [0.1, 0.15) is 0 Å². The minimum atomic E-state index is -0.750. The van der Waals surface area contributed by atoms with E-state index >= 15 is 0 Å². The average molecular weight is 359 g/mol. The third-order valence-corrected chi connectivity index (χ3v) is 5.99. The number of ether oxygens (including phenoxy) is 1. The zero-order valence-corrected chi connectivity index (χ0v) is 15.5.